The van der Waals surface area contributed by atoms with Crippen molar-refractivity contribution in [3.8, 4) is 0 Å². The molecule has 0 rings (SSSR count). The number of hydrogen-bond acceptors (Lipinski definition) is 5. The zero-order valence-corrected chi connectivity index (χ0v) is 11.4. The molecule has 0 bridgehead atoms. The molecule has 5 nitrogen and oxygen atoms in total. The number of hydrogen-bond donors (Lipinski definition) is 0. The van der Waals surface area contributed by atoms with Gasteiger partial charge in [0.2, 0.25) is 9.05 Å². The van der Waals surface area contributed by atoms with E-state index in [9.17, 15) is 8.42 Å². The molecule has 0 heterocycles. The molecule has 0 aromatic heterocycles. The predicted molar refractivity (Wildman–Crippen MR) is 64.4 cm³/mol. The van der Waals surface area contributed by atoms with Gasteiger partial charge in [-0.2, -0.15) is 0 Å². The molecule has 0 aromatic carbocycles. The van der Waals surface area contributed by atoms with Crippen LogP contribution in [0.25, 0.3) is 0 Å². The van der Waals surface area contributed by atoms with E-state index < -0.39 is 9.05 Å². The van der Waals surface area contributed by atoms with E-state index in [4.69, 9.17) is 20.2 Å². The van der Waals surface area contributed by atoms with Gasteiger partial charge in [0, 0.05) is 38.0 Å². The molecule has 0 aliphatic heterocycles. The molecule has 0 amide bonds. The van der Waals surface area contributed by atoms with Crippen molar-refractivity contribution in [3.05, 3.63) is 0 Å². The largest absolute Gasteiger partial charge is 0.383 e. The molecule has 98 valence electrons. The first kappa shape index (κ1) is 16.1. The highest BCUT2D eigenvalue weighted by molar-refractivity contribution is 8.13. The van der Waals surface area contributed by atoms with E-state index in [1.54, 1.807) is 14.2 Å². The summed E-state index contributed by atoms with van der Waals surface area (Å²) in [7, 11) is 5.03. The first-order chi connectivity index (χ1) is 7.49. The van der Waals surface area contributed by atoms with Crippen LogP contribution in [0.2, 0.25) is 0 Å². The van der Waals surface area contributed by atoms with Crippen LogP contribution >= 0.6 is 10.7 Å². The lowest BCUT2D eigenvalue weighted by molar-refractivity contribution is 0.114. The summed E-state index contributed by atoms with van der Waals surface area (Å²) in [6.45, 7) is 3.46. The third-order valence-electron chi connectivity index (χ3n) is 2.09. The average Bonchev–Trinajstić information content (AvgIpc) is 2.19. The Morgan fingerprint density at radius 3 is 1.94 bits per heavy atom. The Morgan fingerprint density at radius 1 is 1.06 bits per heavy atom. The molecule has 16 heavy (non-hydrogen) atoms. The van der Waals surface area contributed by atoms with Crippen LogP contribution in [0.15, 0.2) is 0 Å². The van der Waals surface area contributed by atoms with Crippen LogP contribution in [0.5, 0.6) is 0 Å². The fourth-order valence-corrected chi connectivity index (χ4v) is 2.04. The van der Waals surface area contributed by atoms with Crippen molar-refractivity contribution in [1.82, 2.24) is 4.90 Å². The SMILES string of the molecule is COCCN(CCCS(=O)(=O)Cl)CCOC. The normalized spacial score (nSPS) is 12.2. The van der Waals surface area contributed by atoms with Crippen LogP contribution in [-0.4, -0.2) is 66.1 Å². The summed E-state index contributed by atoms with van der Waals surface area (Å²) >= 11 is 0. The minimum Gasteiger partial charge on any atom is -0.383 e. The van der Waals surface area contributed by atoms with E-state index in [2.05, 4.69) is 4.90 Å². The fraction of sp³-hybridized carbons (Fsp3) is 1.00. The molecular weight excluding hydrogens is 254 g/mol. The molecule has 0 saturated carbocycles. The molecule has 0 saturated heterocycles. The van der Waals surface area contributed by atoms with Crippen LogP contribution < -0.4 is 0 Å². The highest BCUT2D eigenvalue weighted by Crippen LogP contribution is 2.00. The molecule has 0 atom stereocenters. The second-order valence-corrected chi connectivity index (χ2v) is 6.32. The maximum atomic E-state index is 10.7. The molecule has 0 radical (unpaired) electrons. The average molecular weight is 274 g/mol. The van der Waals surface area contributed by atoms with Gasteiger partial charge in [-0.05, 0) is 13.0 Å². The summed E-state index contributed by atoms with van der Waals surface area (Å²) in [6, 6.07) is 0. The zero-order valence-electron chi connectivity index (χ0n) is 9.82. The van der Waals surface area contributed by atoms with Gasteiger partial charge in [-0.3, -0.25) is 4.90 Å². The molecule has 0 aliphatic rings. The van der Waals surface area contributed by atoms with Crippen molar-refractivity contribution in [3.63, 3.8) is 0 Å². The molecule has 0 aliphatic carbocycles. The number of rotatable bonds is 10. The third kappa shape index (κ3) is 10.6. The number of methoxy groups -OCH3 is 2. The van der Waals surface area contributed by atoms with Crippen molar-refractivity contribution in [1.29, 1.82) is 0 Å². The zero-order chi connectivity index (χ0) is 12.4. The summed E-state index contributed by atoms with van der Waals surface area (Å²) < 4.78 is 31.4. The lowest BCUT2D eigenvalue weighted by atomic mass is 10.4. The van der Waals surface area contributed by atoms with Gasteiger partial charge in [0.1, 0.15) is 0 Å². The first-order valence-electron chi connectivity index (χ1n) is 5.12. The summed E-state index contributed by atoms with van der Waals surface area (Å²) in [5.74, 6) is 0.00498. The maximum absolute atomic E-state index is 10.7. The van der Waals surface area contributed by atoms with Crippen LogP contribution in [0, 0.1) is 0 Å². The smallest absolute Gasteiger partial charge is 0.232 e. The van der Waals surface area contributed by atoms with E-state index >= 15 is 0 Å². The lowest BCUT2D eigenvalue weighted by Crippen LogP contribution is -2.32. The highest BCUT2D eigenvalue weighted by atomic mass is 35.7. The Balaban J connectivity index is 3.81. The van der Waals surface area contributed by atoms with Crippen molar-refractivity contribution >= 4 is 19.7 Å². The van der Waals surface area contributed by atoms with Gasteiger partial charge in [0.05, 0.1) is 19.0 Å². The Kier molecular flexibility index (Phi) is 9.25. The van der Waals surface area contributed by atoms with E-state index in [0.717, 1.165) is 13.1 Å². The monoisotopic (exact) mass is 273 g/mol. The molecule has 0 unspecified atom stereocenters. The van der Waals surface area contributed by atoms with E-state index in [0.29, 0.717) is 26.2 Å². The molecule has 0 fully saturated rings. The van der Waals surface area contributed by atoms with Crippen LogP contribution in [0.1, 0.15) is 6.42 Å². The minimum absolute atomic E-state index is 0.00498. The summed E-state index contributed by atoms with van der Waals surface area (Å²) in [6.07, 6.45) is 0.527. The third-order valence-corrected chi connectivity index (χ3v) is 3.32. The van der Waals surface area contributed by atoms with E-state index in [1.807, 2.05) is 0 Å². The molecule has 0 spiro atoms. The first-order valence-corrected chi connectivity index (χ1v) is 7.60. The van der Waals surface area contributed by atoms with Gasteiger partial charge in [0.25, 0.3) is 0 Å². The molecule has 0 aromatic rings. The second-order valence-electron chi connectivity index (χ2n) is 3.42. The molecular formula is C9H20ClNO4S. The van der Waals surface area contributed by atoms with Gasteiger partial charge in [-0.1, -0.05) is 0 Å². The van der Waals surface area contributed by atoms with Gasteiger partial charge < -0.3 is 9.47 Å². The fourth-order valence-electron chi connectivity index (χ4n) is 1.24. The number of ether oxygens (including phenoxy) is 2. The Morgan fingerprint density at radius 2 is 1.56 bits per heavy atom. The van der Waals surface area contributed by atoms with Crippen LogP contribution in [0.3, 0.4) is 0 Å². The van der Waals surface area contributed by atoms with Gasteiger partial charge >= 0.3 is 0 Å². The Bertz CT molecular complexity index is 250. The maximum Gasteiger partial charge on any atom is 0.232 e. The van der Waals surface area contributed by atoms with Crippen LogP contribution in [-0.2, 0) is 18.5 Å². The van der Waals surface area contributed by atoms with Gasteiger partial charge in [-0.25, -0.2) is 8.42 Å². The molecule has 7 heteroatoms. The number of nitrogens with zero attached hydrogens (tertiary/aromatic N) is 1. The van der Waals surface area contributed by atoms with Crippen molar-refractivity contribution < 1.29 is 17.9 Å². The second kappa shape index (κ2) is 9.18. The molecule has 0 N–H and O–H groups in total. The summed E-state index contributed by atoms with van der Waals surface area (Å²) in [5, 5.41) is 0. The van der Waals surface area contributed by atoms with Crippen molar-refractivity contribution in [2.24, 2.45) is 0 Å². The van der Waals surface area contributed by atoms with E-state index in [1.165, 1.54) is 0 Å². The van der Waals surface area contributed by atoms with Gasteiger partial charge in [0.15, 0.2) is 0 Å². The summed E-state index contributed by atoms with van der Waals surface area (Å²) in [4.78, 5) is 2.09. The highest BCUT2D eigenvalue weighted by Gasteiger charge is 2.08. The number of halogens is 1. The van der Waals surface area contributed by atoms with Crippen molar-refractivity contribution in [2.75, 3.05) is 52.8 Å². The van der Waals surface area contributed by atoms with Gasteiger partial charge in [-0.15, -0.1) is 0 Å². The van der Waals surface area contributed by atoms with Crippen LogP contribution in [0.4, 0.5) is 0 Å². The quantitative estimate of drug-likeness (QED) is 0.544. The standard InChI is InChI=1S/C9H20ClNO4S/c1-14-7-5-11(6-8-15-2)4-3-9-16(10,12)13/h3-9H2,1-2H3. The van der Waals surface area contributed by atoms with E-state index in [-0.39, 0.29) is 5.75 Å². The van der Waals surface area contributed by atoms with Crippen molar-refractivity contribution in [2.45, 2.75) is 6.42 Å². The Labute approximate surface area is 102 Å². The summed E-state index contributed by atoms with van der Waals surface area (Å²) in [5.41, 5.74) is 0. The lowest BCUT2D eigenvalue weighted by Gasteiger charge is -2.20. The minimum atomic E-state index is -3.38. The predicted octanol–water partition coefficient (Wildman–Crippen LogP) is 0.540. The Hall–Kier alpha value is 0.120. The topological polar surface area (TPSA) is 55.8 Å².